The quantitative estimate of drug-likeness (QED) is 0.800. The monoisotopic (exact) mass is 376 g/mol. The number of aryl methyl sites for hydroxylation is 1. The Hall–Kier alpha value is -1.71. The van der Waals surface area contributed by atoms with Crippen LogP contribution in [0.2, 0.25) is 10.0 Å². The zero-order chi connectivity index (χ0) is 17.6. The molecule has 1 aliphatic heterocycles. The van der Waals surface area contributed by atoms with Gasteiger partial charge in [-0.2, -0.15) is 0 Å². The normalized spacial score (nSPS) is 16.9. The fourth-order valence-electron chi connectivity index (χ4n) is 3.21. The molecule has 25 heavy (non-hydrogen) atoms. The average molecular weight is 377 g/mol. The summed E-state index contributed by atoms with van der Waals surface area (Å²) in [6.45, 7) is 2.76. The van der Waals surface area contributed by atoms with Gasteiger partial charge in [0.1, 0.15) is 0 Å². The number of nitrogens with one attached hydrogen (secondary N) is 1. The van der Waals surface area contributed by atoms with Crippen LogP contribution in [0, 0.1) is 5.92 Å². The van der Waals surface area contributed by atoms with Crippen molar-refractivity contribution in [2.45, 2.75) is 19.3 Å². The third-order valence-electron chi connectivity index (χ3n) is 4.65. The van der Waals surface area contributed by atoms with Crippen molar-refractivity contribution in [2.75, 3.05) is 24.5 Å². The molecular formula is C20H22Cl2N2O. The molecule has 0 radical (unpaired) electrons. The van der Waals surface area contributed by atoms with Gasteiger partial charge in [-0.05, 0) is 42.5 Å². The van der Waals surface area contributed by atoms with Crippen LogP contribution < -0.4 is 10.2 Å². The highest BCUT2D eigenvalue weighted by atomic mass is 35.5. The molecule has 1 saturated heterocycles. The molecule has 1 amide bonds. The van der Waals surface area contributed by atoms with Gasteiger partial charge in [0.25, 0.3) is 0 Å². The predicted octanol–water partition coefficient (Wildman–Crippen LogP) is 4.57. The summed E-state index contributed by atoms with van der Waals surface area (Å²) >= 11 is 12.2. The number of hydrogen-bond donors (Lipinski definition) is 1. The Morgan fingerprint density at radius 2 is 1.92 bits per heavy atom. The lowest BCUT2D eigenvalue weighted by Gasteiger charge is -2.18. The van der Waals surface area contributed by atoms with Gasteiger partial charge >= 0.3 is 0 Å². The fraction of sp³-hybridized carbons (Fsp3) is 0.350. The fourth-order valence-corrected chi connectivity index (χ4v) is 3.62. The Labute approximate surface area is 158 Å². The molecule has 0 bridgehead atoms. The zero-order valence-corrected chi connectivity index (χ0v) is 15.6. The summed E-state index contributed by atoms with van der Waals surface area (Å²) in [5.74, 6) is 0.563. The van der Waals surface area contributed by atoms with Gasteiger partial charge in [0.05, 0.1) is 10.0 Å². The van der Waals surface area contributed by atoms with E-state index in [1.165, 1.54) is 5.69 Å². The second-order valence-electron chi connectivity index (χ2n) is 6.45. The van der Waals surface area contributed by atoms with E-state index in [1.54, 1.807) is 6.07 Å². The molecule has 1 atom stereocenters. The van der Waals surface area contributed by atoms with E-state index in [0.717, 1.165) is 31.6 Å². The molecule has 0 saturated carbocycles. The predicted molar refractivity (Wildman–Crippen MR) is 105 cm³/mol. The lowest BCUT2D eigenvalue weighted by molar-refractivity contribution is -0.121. The van der Waals surface area contributed by atoms with Crippen LogP contribution in [0.4, 0.5) is 5.69 Å². The molecule has 2 aromatic rings. The van der Waals surface area contributed by atoms with Crippen LogP contribution in [0.1, 0.15) is 18.4 Å². The Morgan fingerprint density at radius 1 is 1.12 bits per heavy atom. The largest absolute Gasteiger partial charge is 0.371 e. The van der Waals surface area contributed by atoms with Gasteiger partial charge in [-0.15, -0.1) is 0 Å². The van der Waals surface area contributed by atoms with E-state index in [9.17, 15) is 4.79 Å². The first-order valence-corrected chi connectivity index (χ1v) is 9.38. The molecule has 3 nitrogen and oxygen atoms in total. The molecular weight excluding hydrogens is 355 g/mol. The van der Waals surface area contributed by atoms with Crippen molar-refractivity contribution < 1.29 is 4.79 Å². The molecule has 1 unspecified atom stereocenters. The maximum atomic E-state index is 12.1. The number of hydrogen-bond acceptors (Lipinski definition) is 2. The zero-order valence-electron chi connectivity index (χ0n) is 14.1. The molecule has 132 valence electrons. The van der Waals surface area contributed by atoms with E-state index in [2.05, 4.69) is 34.5 Å². The van der Waals surface area contributed by atoms with Crippen molar-refractivity contribution in [3.8, 4) is 0 Å². The van der Waals surface area contributed by atoms with Crippen LogP contribution in [-0.4, -0.2) is 25.5 Å². The number of anilines is 1. The summed E-state index contributed by atoms with van der Waals surface area (Å²) in [4.78, 5) is 14.5. The molecule has 1 heterocycles. The van der Waals surface area contributed by atoms with Crippen molar-refractivity contribution in [1.82, 2.24) is 5.32 Å². The van der Waals surface area contributed by atoms with Crippen LogP contribution in [0.3, 0.4) is 0 Å². The van der Waals surface area contributed by atoms with Crippen molar-refractivity contribution in [2.24, 2.45) is 5.92 Å². The summed E-state index contributed by atoms with van der Waals surface area (Å²) in [5, 5.41) is 4.14. The number of carbonyl (C=O) groups is 1. The standard InChI is InChI=1S/C20H22Cl2N2O/c21-18-8-4-5-16(20(18)22)9-10-19(25)23-13-15-11-12-24(14-15)17-6-2-1-3-7-17/h1-8,15H,9-14H2,(H,23,25). The van der Waals surface area contributed by atoms with Crippen molar-refractivity contribution in [3.05, 3.63) is 64.1 Å². The number of amides is 1. The number of para-hydroxylation sites is 1. The molecule has 1 fully saturated rings. The maximum absolute atomic E-state index is 12.1. The summed E-state index contributed by atoms with van der Waals surface area (Å²) in [6.07, 6.45) is 2.14. The molecule has 5 heteroatoms. The lowest BCUT2D eigenvalue weighted by Crippen LogP contribution is -2.31. The van der Waals surface area contributed by atoms with E-state index < -0.39 is 0 Å². The number of nitrogens with zero attached hydrogens (tertiary/aromatic N) is 1. The first-order valence-electron chi connectivity index (χ1n) is 8.63. The average Bonchev–Trinajstić information content (AvgIpc) is 3.11. The van der Waals surface area contributed by atoms with E-state index in [0.29, 0.717) is 28.8 Å². The summed E-state index contributed by atoms with van der Waals surface area (Å²) in [5.41, 5.74) is 2.17. The van der Waals surface area contributed by atoms with Crippen LogP contribution in [0.25, 0.3) is 0 Å². The number of carbonyl (C=O) groups excluding carboxylic acids is 1. The molecule has 3 rings (SSSR count). The van der Waals surface area contributed by atoms with Gasteiger partial charge in [0.15, 0.2) is 0 Å². The van der Waals surface area contributed by atoms with Gasteiger partial charge in [0.2, 0.25) is 5.91 Å². The summed E-state index contributed by atoms with van der Waals surface area (Å²) in [7, 11) is 0. The topological polar surface area (TPSA) is 32.3 Å². The van der Waals surface area contributed by atoms with Crippen LogP contribution in [-0.2, 0) is 11.2 Å². The number of benzene rings is 2. The number of rotatable bonds is 6. The van der Waals surface area contributed by atoms with Gasteiger partial charge in [-0.1, -0.05) is 53.5 Å². The molecule has 2 aromatic carbocycles. The van der Waals surface area contributed by atoms with Crippen molar-refractivity contribution in [3.63, 3.8) is 0 Å². The van der Waals surface area contributed by atoms with Gasteiger partial charge in [-0.25, -0.2) is 0 Å². The Kier molecular flexibility index (Phi) is 6.22. The highest BCUT2D eigenvalue weighted by Gasteiger charge is 2.22. The van der Waals surface area contributed by atoms with Gasteiger partial charge in [0, 0.05) is 31.7 Å². The Bertz CT molecular complexity index is 721. The van der Waals surface area contributed by atoms with Crippen LogP contribution >= 0.6 is 23.2 Å². The molecule has 1 N–H and O–H groups in total. The van der Waals surface area contributed by atoms with Gasteiger partial charge < -0.3 is 10.2 Å². The molecule has 0 aliphatic carbocycles. The second kappa shape index (κ2) is 8.59. The molecule has 0 spiro atoms. The van der Waals surface area contributed by atoms with Crippen molar-refractivity contribution in [1.29, 1.82) is 0 Å². The Balaban J connectivity index is 1.42. The third kappa shape index (κ3) is 4.90. The van der Waals surface area contributed by atoms with E-state index in [1.807, 2.05) is 18.2 Å². The summed E-state index contributed by atoms with van der Waals surface area (Å²) in [6, 6.07) is 16.0. The van der Waals surface area contributed by atoms with E-state index >= 15 is 0 Å². The highest BCUT2D eigenvalue weighted by molar-refractivity contribution is 6.42. The minimum Gasteiger partial charge on any atom is -0.371 e. The first kappa shape index (κ1) is 18.1. The lowest BCUT2D eigenvalue weighted by atomic mass is 10.1. The maximum Gasteiger partial charge on any atom is 0.220 e. The SMILES string of the molecule is O=C(CCc1cccc(Cl)c1Cl)NCC1CCN(c2ccccc2)C1. The van der Waals surface area contributed by atoms with Crippen LogP contribution in [0.5, 0.6) is 0 Å². The first-order chi connectivity index (χ1) is 12.1. The smallest absolute Gasteiger partial charge is 0.220 e. The number of halogens is 2. The highest BCUT2D eigenvalue weighted by Crippen LogP contribution is 2.26. The molecule has 0 aromatic heterocycles. The molecule has 1 aliphatic rings. The third-order valence-corrected chi connectivity index (χ3v) is 5.51. The minimum atomic E-state index is 0.0641. The van der Waals surface area contributed by atoms with E-state index in [-0.39, 0.29) is 5.91 Å². The Morgan fingerprint density at radius 3 is 2.72 bits per heavy atom. The summed E-state index contributed by atoms with van der Waals surface area (Å²) < 4.78 is 0. The van der Waals surface area contributed by atoms with Crippen molar-refractivity contribution >= 4 is 34.8 Å². The minimum absolute atomic E-state index is 0.0641. The second-order valence-corrected chi connectivity index (χ2v) is 7.24. The van der Waals surface area contributed by atoms with Gasteiger partial charge in [-0.3, -0.25) is 4.79 Å². The van der Waals surface area contributed by atoms with E-state index in [4.69, 9.17) is 23.2 Å². The van der Waals surface area contributed by atoms with Crippen LogP contribution in [0.15, 0.2) is 48.5 Å².